The van der Waals surface area contributed by atoms with Gasteiger partial charge in [0.25, 0.3) is 0 Å². The standard InChI is InChI=1S/C28H32N2O13S2/c1-40-24-14-20-18(13-23(24)31)12-21(27(32)41-8-10-44(2,36)37)22(28(33)42-9-11-45(3,38)39)16-29(26(20)17-4-5-17)15-19-6-7-25(43-19)30(34)35/h6-7,12-14,16-17,26,31H,4-5,8-11,15H2,1-3H3. The molecular weight excluding hydrogens is 636 g/mol. The summed E-state index contributed by atoms with van der Waals surface area (Å²) in [5.41, 5.74) is 0.143. The van der Waals surface area contributed by atoms with Gasteiger partial charge in [0.15, 0.2) is 31.2 Å². The fraction of sp³-hybridized carbons (Fsp3) is 0.429. The van der Waals surface area contributed by atoms with Gasteiger partial charge in [-0.2, -0.15) is 0 Å². The van der Waals surface area contributed by atoms with Crippen LogP contribution in [0.15, 0.2) is 46.0 Å². The maximum atomic E-state index is 13.5. The Balaban J connectivity index is 1.89. The molecule has 0 amide bonds. The van der Waals surface area contributed by atoms with Gasteiger partial charge in [-0.1, -0.05) is 0 Å². The van der Waals surface area contributed by atoms with Crippen molar-refractivity contribution in [3.63, 3.8) is 0 Å². The lowest BCUT2D eigenvalue weighted by Gasteiger charge is -2.34. The molecule has 1 fully saturated rings. The first-order valence-electron chi connectivity index (χ1n) is 13.6. The quantitative estimate of drug-likeness (QED) is 0.185. The second-order valence-corrected chi connectivity index (χ2v) is 15.3. The topological polar surface area (TPSA) is 210 Å². The van der Waals surface area contributed by atoms with Gasteiger partial charge in [-0.3, -0.25) is 10.1 Å². The average molecular weight is 669 g/mol. The number of rotatable bonds is 13. The summed E-state index contributed by atoms with van der Waals surface area (Å²) in [6.45, 7) is -1.18. The number of hydrogen-bond donors (Lipinski definition) is 1. The summed E-state index contributed by atoms with van der Waals surface area (Å²) >= 11 is 0. The van der Waals surface area contributed by atoms with E-state index >= 15 is 0 Å². The third-order valence-corrected chi connectivity index (χ3v) is 8.81. The highest BCUT2D eigenvalue weighted by Gasteiger charge is 2.40. The Morgan fingerprint density at radius 3 is 2.13 bits per heavy atom. The molecule has 1 aliphatic heterocycles. The number of ether oxygens (including phenoxy) is 3. The number of carbonyl (C=O) groups is 2. The van der Waals surface area contributed by atoms with Crippen LogP contribution in [-0.2, 0) is 45.3 Å². The fourth-order valence-corrected chi connectivity index (χ4v) is 5.51. The Hall–Kier alpha value is -4.38. The lowest BCUT2D eigenvalue weighted by atomic mass is 9.90. The van der Waals surface area contributed by atoms with Crippen LogP contribution < -0.4 is 4.74 Å². The van der Waals surface area contributed by atoms with E-state index in [-0.39, 0.29) is 40.9 Å². The van der Waals surface area contributed by atoms with E-state index in [1.807, 2.05) is 0 Å². The monoisotopic (exact) mass is 668 g/mol. The number of nitro groups is 1. The molecule has 15 nitrogen and oxygen atoms in total. The van der Waals surface area contributed by atoms with Gasteiger partial charge < -0.3 is 28.6 Å². The van der Waals surface area contributed by atoms with Crippen LogP contribution in [0.5, 0.6) is 11.5 Å². The van der Waals surface area contributed by atoms with E-state index in [1.165, 1.54) is 37.6 Å². The molecule has 1 atom stereocenters. The zero-order chi connectivity index (χ0) is 33.1. The minimum absolute atomic E-state index is 0.0124. The van der Waals surface area contributed by atoms with Crippen molar-refractivity contribution in [2.24, 2.45) is 5.92 Å². The summed E-state index contributed by atoms with van der Waals surface area (Å²) in [4.78, 5) is 39.2. The zero-order valence-electron chi connectivity index (χ0n) is 24.6. The highest BCUT2D eigenvalue weighted by atomic mass is 32.2. The number of sulfone groups is 2. The summed E-state index contributed by atoms with van der Waals surface area (Å²) in [5.74, 6) is -3.66. The number of furan rings is 1. The average Bonchev–Trinajstić information content (AvgIpc) is 3.64. The van der Waals surface area contributed by atoms with Gasteiger partial charge in [0.05, 0.1) is 48.4 Å². The van der Waals surface area contributed by atoms with Crippen molar-refractivity contribution in [2.45, 2.75) is 25.4 Å². The molecule has 0 saturated heterocycles. The first-order chi connectivity index (χ1) is 21.1. The Morgan fingerprint density at radius 1 is 1.02 bits per heavy atom. The van der Waals surface area contributed by atoms with Crippen molar-refractivity contribution in [3.8, 4) is 11.5 Å². The Morgan fingerprint density at radius 2 is 1.62 bits per heavy atom. The molecule has 244 valence electrons. The molecule has 2 heterocycles. The minimum Gasteiger partial charge on any atom is -0.504 e. The summed E-state index contributed by atoms with van der Waals surface area (Å²) in [6, 6.07) is 4.97. The Kier molecular flexibility index (Phi) is 9.92. The van der Waals surface area contributed by atoms with Crippen LogP contribution in [0.1, 0.15) is 35.8 Å². The number of fused-ring (bicyclic) bond motifs is 1. The predicted molar refractivity (Wildman–Crippen MR) is 158 cm³/mol. The van der Waals surface area contributed by atoms with E-state index in [2.05, 4.69) is 0 Å². The van der Waals surface area contributed by atoms with Crippen LogP contribution in [0.25, 0.3) is 6.08 Å². The Labute approximate surface area is 259 Å². The number of methoxy groups -OCH3 is 1. The first-order valence-corrected chi connectivity index (χ1v) is 17.7. The van der Waals surface area contributed by atoms with Gasteiger partial charge >= 0.3 is 17.8 Å². The number of nitrogens with zero attached hydrogens (tertiary/aromatic N) is 2. The summed E-state index contributed by atoms with van der Waals surface area (Å²) in [7, 11) is -5.67. The van der Waals surface area contributed by atoms with E-state index in [0.29, 0.717) is 11.1 Å². The van der Waals surface area contributed by atoms with E-state index in [1.54, 1.807) is 11.0 Å². The molecule has 0 radical (unpaired) electrons. The van der Waals surface area contributed by atoms with Crippen molar-refractivity contribution in [3.05, 3.63) is 68.6 Å². The number of phenolic OH excluding ortho intramolecular Hbond substituents is 1. The van der Waals surface area contributed by atoms with Crippen LogP contribution in [0.2, 0.25) is 0 Å². The van der Waals surface area contributed by atoms with Gasteiger partial charge in [-0.25, -0.2) is 26.4 Å². The van der Waals surface area contributed by atoms with Crippen molar-refractivity contribution in [2.75, 3.05) is 44.3 Å². The van der Waals surface area contributed by atoms with Gasteiger partial charge in [0.2, 0.25) is 0 Å². The van der Waals surface area contributed by atoms with Crippen molar-refractivity contribution in [1.82, 2.24) is 4.90 Å². The largest absolute Gasteiger partial charge is 0.504 e. The summed E-state index contributed by atoms with van der Waals surface area (Å²) < 4.78 is 67.8. The SMILES string of the molecule is COc1cc2c(cc1O)C=C(C(=O)OCCS(C)(=O)=O)C(C(=O)OCCS(C)(=O)=O)=CN(Cc1ccc([N+](=O)[O-])o1)C2C1CC1. The maximum absolute atomic E-state index is 13.5. The molecule has 1 unspecified atom stereocenters. The molecule has 0 spiro atoms. The van der Waals surface area contributed by atoms with E-state index in [0.717, 1.165) is 25.4 Å². The molecule has 2 aliphatic rings. The first kappa shape index (κ1) is 33.5. The number of benzene rings is 1. The summed E-state index contributed by atoms with van der Waals surface area (Å²) in [6.07, 6.45) is 6.07. The van der Waals surface area contributed by atoms with Gasteiger partial charge in [0, 0.05) is 18.7 Å². The normalized spacial score (nSPS) is 16.9. The van der Waals surface area contributed by atoms with Crippen molar-refractivity contribution >= 4 is 43.6 Å². The van der Waals surface area contributed by atoms with E-state index < -0.39 is 73.2 Å². The molecule has 17 heteroatoms. The Bertz CT molecular complexity index is 1770. The number of esters is 2. The molecule has 1 N–H and O–H groups in total. The highest BCUT2D eigenvalue weighted by Crippen LogP contribution is 2.49. The van der Waals surface area contributed by atoms with Crippen LogP contribution in [0, 0.1) is 16.0 Å². The lowest BCUT2D eigenvalue weighted by molar-refractivity contribution is -0.402. The van der Waals surface area contributed by atoms with Crippen molar-refractivity contribution in [1.29, 1.82) is 0 Å². The number of phenols is 1. The van der Waals surface area contributed by atoms with Crippen LogP contribution in [-0.4, -0.2) is 88.0 Å². The zero-order valence-corrected chi connectivity index (χ0v) is 26.3. The predicted octanol–water partition coefficient (Wildman–Crippen LogP) is 2.31. The maximum Gasteiger partial charge on any atom is 0.433 e. The van der Waals surface area contributed by atoms with Gasteiger partial charge in [-0.05, 0) is 54.2 Å². The van der Waals surface area contributed by atoms with E-state index in [4.69, 9.17) is 18.6 Å². The van der Waals surface area contributed by atoms with Gasteiger partial charge in [0.1, 0.15) is 23.9 Å². The van der Waals surface area contributed by atoms with Crippen LogP contribution in [0.4, 0.5) is 5.88 Å². The smallest absolute Gasteiger partial charge is 0.433 e. The van der Waals surface area contributed by atoms with Crippen molar-refractivity contribution < 1.29 is 55.1 Å². The molecule has 2 aromatic rings. The number of hydrogen-bond acceptors (Lipinski definition) is 14. The minimum atomic E-state index is -3.52. The third kappa shape index (κ3) is 8.85. The molecule has 45 heavy (non-hydrogen) atoms. The lowest BCUT2D eigenvalue weighted by Crippen LogP contribution is -2.30. The number of carbonyl (C=O) groups excluding carboxylic acids is 2. The second kappa shape index (κ2) is 13.3. The highest BCUT2D eigenvalue weighted by molar-refractivity contribution is 7.90. The van der Waals surface area contributed by atoms with Crippen LogP contribution in [0.3, 0.4) is 0 Å². The molecule has 1 aromatic carbocycles. The number of aromatic hydroxyl groups is 1. The van der Waals surface area contributed by atoms with E-state index in [9.17, 15) is 41.6 Å². The molecule has 1 aromatic heterocycles. The molecule has 1 aliphatic carbocycles. The summed E-state index contributed by atoms with van der Waals surface area (Å²) in [5, 5.41) is 21.9. The molecule has 0 bridgehead atoms. The van der Waals surface area contributed by atoms with Gasteiger partial charge in [-0.15, -0.1) is 0 Å². The molecule has 1 saturated carbocycles. The second-order valence-electron chi connectivity index (χ2n) is 10.7. The molecular formula is C28H32N2O13S2. The fourth-order valence-electron chi connectivity index (χ4n) is 4.74. The van der Waals surface area contributed by atoms with Crippen LogP contribution >= 0.6 is 0 Å². The molecule has 4 rings (SSSR count). The third-order valence-electron chi connectivity index (χ3n) is 6.99.